The molecule has 0 saturated carbocycles. The van der Waals surface area contributed by atoms with Crippen LogP contribution in [0.5, 0.6) is 0 Å². The Morgan fingerprint density at radius 3 is 2.45 bits per heavy atom. The summed E-state index contributed by atoms with van der Waals surface area (Å²) in [5, 5.41) is 6.51. The van der Waals surface area contributed by atoms with Crippen LogP contribution in [-0.4, -0.2) is 62.6 Å². The van der Waals surface area contributed by atoms with Crippen LogP contribution < -0.4 is 14.9 Å². The highest BCUT2D eigenvalue weighted by Crippen LogP contribution is 2.39. The SMILES string of the molecule is CN(C)CCN(c1ccc(NC(=C2C(=O)Nc3cc(Cl)ccc32)c2ccc3nccnc3c2)cc1F)S(C)(=O)=O. The summed E-state index contributed by atoms with van der Waals surface area (Å²) in [6, 6.07) is 14.6. The predicted octanol–water partition coefficient (Wildman–Crippen LogP) is 4.68. The first-order valence-electron chi connectivity index (χ1n) is 12.3. The van der Waals surface area contributed by atoms with E-state index in [-0.39, 0.29) is 18.1 Å². The lowest BCUT2D eigenvalue weighted by Gasteiger charge is -2.25. The van der Waals surface area contributed by atoms with Crippen molar-refractivity contribution in [1.82, 2.24) is 14.9 Å². The maximum Gasteiger partial charge on any atom is 0.258 e. The number of hydrogen-bond acceptors (Lipinski definition) is 7. The number of amides is 1. The van der Waals surface area contributed by atoms with Gasteiger partial charge in [0, 0.05) is 47.3 Å². The molecule has 0 bridgehead atoms. The standard InChI is InChI=1S/C28H26ClFN6O3S/c1-35(2)12-13-36(40(3,38)39)25-9-6-19(16-21(25)30)33-27(17-4-8-22-24(14-17)32-11-10-31-22)26-20-7-5-18(29)15-23(20)34-28(26)37/h4-11,14-16,33H,12-13H2,1-3H3,(H,34,37). The van der Waals surface area contributed by atoms with Crippen LogP contribution >= 0.6 is 11.6 Å². The smallest absolute Gasteiger partial charge is 0.258 e. The Morgan fingerprint density at radius 1 is 1.00 bits per heavy atom. The van der Waals surface area contributed by atoms with Crippen LogP contribution in [0, 0.1) is 5.82 Å². The normalized spacial score (nSPS) is 14.3. The molecule has 9 nitrogen and oxygen atoms in total. The molecule has 2 heterocycles. The van der Waals surface area contributed by atoms with E-state index in [1.165, 1.54) is 12.1 Å². The van der Waals surface area contributed by atoms with Gasteiger partial charge in [0.15, 0.2) is 0 Å². The van der Waals surface area contributed by atoms with E-state index in [0.29, 0.717) is 56.4 Å². The molecule has 0 aliphatic carbocycles. The average Bonchev–Trinajstić information content (AvgIpc) is 3.21. The number of likely N-dealkylation sites (N-methyl/N-ethyl adjacent to an activating group) is 1. The quantitative estimate of drug-likeness (QED) is 0.291. The number of benzene rings is 3. The summed E-state index contributed by atoms with van der Waals surface area (Å²) in [6.07, 6.45) is 4.21. The number of nitrogens with one attached hydrogen (secondary N) is 2. The van der Waals surface area contributed by atoms with E-state index in [0.717, 1.165) is 10.6 Å². The number of rotatable bonds is 8. The van der Waals surface area contributed by atoms with Gasteiger partial charge in [-0.15, -0.1) is 0 Å². The van der Waals surface area contributed by atoms with E-state index in [1.54, 1.807) is 54.9 Å². The van der Waals surface area contributed by atoms with E-state index in [2.05, 4.69) is 20.6 Å². The fourth-order valence-electron chi connectivity index (χ4n) is 4.48. The lowest BCUT2D eigenvalue weighted by Crippen LogP contribution is -2.36. The number of hydrogen-bond donors (Lipinski definition) is 2. The topological polar surface area (TPSA) is 108 Å². The Balaban J connectivity index is 1.61. The number of halogens is 2. The number of carbonyl (C=O) groups excluding carboxylic acids is 1. The number of sulfonamides is 1. The molecule has 0 atom stereocenters. The highest BCUT2D eigenvalue weighted by molar-refractivity contribution is 7.92. The molecular formula is C28H26ClFN6O3S. The van der Waals surface area contributed by atoms with Crippen molar-refractivity contribution in [1.29, 1.82) is 0 Å². The van der Waals surface area contributed by atoms with E-state index < -0.39 is 15.8 Å². The molecule has 40 heavy (non-hydrogen) atoms. The molecule has 1 amide bonds. The van der Waals surface area contributed by atoms with Gasteiger partial charge in [-0.1, -0.05) is 23.7 Å². The first-order chi connectivity index (χ1) is 19.0. The first kappa shape index (κ1) is 27.5. The Kier molecular flexibility index (Phi) is 7.45. The van der Waals surface area contributed by atoms with Gasteiger partial charge in [0.2, 0.25) is 10.0 Å². The molecule has 2 N–H and O–H groups in total. The zero-order valence-corrected chi connectivity index (χ0v) is 23.5. The molecule has 1 aliphatic rings. The second-order valence-corrected chi connectivity index (χ2v) is 11.9. The lowest BCUT2D eigenvalue weighted by molar-refractivity contribution is -0.110. The number of anilines is 3. The van der Waals surface area contributed by atoms with Crippen LogP contribution in [0.25, 0.3) is 22.3 Å². The molecule has 206 valence electrons. The van der Waals surface area contributed by atoms with Gasteiger partial charge < -0.3 is 15.5 Å². The van der Waals surface area contributed by atoms with Crippen LogP contribution in [0.15, 0.2) is 67.0 Å². The molecule has 0 saturated heterocycles. The van der Waals surface area contributed by atoms with Gasteiger partial charge in [0.25, 0.3) is 5.91 Å². The molecule has 3 aromatic carbocycles. The number of aromatic nitrogens is 2. The zero-order valence-electron chi connectivity index (χ0n) is 21.9. The van der Waals surface area contributed by atoms with E-state index >= 15 is 4.39 Å². The molecular weight excluding hydrogens is 555 g/mol. The molecule has 0 radical (unpaired) electrons. The fourth-order valence-corrected chi connectivity index (χ4v) is 5.57. The molecule has 1 aliphatic heterocycles. The summed E-state index contributed by atoms with van der Waals surface area (Å²) >= 11 is 6.15. The second-order valence-electron chi connectivity index (χ2n) is 9.58. The van der Waals surface area contributed by atoms with Crippen LogP contribution in [0.3, 0.4) is 0 Å². The Morgan fingerprint density at radius 2 is 1.75 bits per heavy atom. The van der Waals surface area contributed by atoms with Crippen molar-refractivity contribution in [3.05, 3.63) is 89.0 Å². The van der Waals surface area contributed by atoms with Crippen molar-refractivity contribution in [2.45, 2.75) is 0 Å². The molecule has 5 rings (SSSR count). The molecule has 4 aromatic rings. The van der Waals surface area contributed by atoms with Crippen LogP contribution in [-0.2, 0) is 14.8 Å². The van der Waals surface area contributed by atoms with Gasteiger partial charge in [-0.05, 0) is 56.6 Å². The van der Waals surface area contributed by atoms with Crippen LogP contribution in [0.1, 0.15) is 11.1 Å². The first-order valence-corrected chi connectivity index (χ1v) is 14.5. The van der Waals surface area contributed by atoms with Crippen molar-refractivity contribution in [2.24, 2.45) is 0 Å². The largest absolute Gasteiger partial charge is 0.354 e. The highest BCUT2D eigenvalue weighted by atomic mass is 35.5. The number of fused-ring (bicyclic) bond motifs is 2. The minimum absolute atomic E-state index is 0.0660. The third-order valence-corrected chi connectivity index (χ3v) is 7.79. The van der Waals surface area contributed by atoms with Crippen molar-refractivity contribution in [3.8, 4) is 0 Å². The zero-order chi connectivity index (χ0) is 28.6. The summed E-state index contributed by atoms with van der Waals surface area (Å²) in [5.74, 6) is -1.09. The minimum Gasteiger partial charge on any atom is -0.354 e. The van der Waals surface area contributed by atoms with Gasteiger partial charge in [-0.25, -0.2) is 12.8 Å². The summed E-state index contributed by atoms with van der Waals surface area (Å²) in [7, 11) is -0.117. The maximum absolute atomic E-state index is 15.5. The summed E-state index contributed by atoms with van der Waals surface area (Å²) in [4.78, 5) is 23.7. The predicted molar refractivity (Wildman–Crippen MR) is 157 cm³/mol. The molecule has 1 aromatic heterocycles. The average molecular weight is 581 g/mol. The number of nitrogens with zero attached hydrogens (tertiary/aromatic N) is 4. The van der Waals surface area contributed by atoms with E-state index in [1.807, 2.05) is 19.0 Å². The summed E-state index contributed by atoms with van der Waals surface area (Å²) in [6.45, 7) is 0.495. The second kappa shape index (κ2) is 10.8. The number of carbonyl (C=O) groups is 1. The van der Waals surface area contributed by atoms with Crippen LogP contribution in [0.2, 0.25) is 5.02 Å². The van der Waals surface area contributed by atoms with E-state index in [9.17, 15) is 13.2 Å². The summed E-state index contributed by atoms with van der Waals surface area (Å²) in [5.41, 5.74) is 4.08. The van der Waals surface area contributed by atoms with Crippen LogP contribution in [0.4, 0.5) is 21.5 Å². The van der Waals surface area contributed by atoms with Crippen molar-refractivity contribution >= 4 is 66.9 Å². The molecule has 0 fully saturated rings. The Labute approximate surface area is 236 Å². The summed E-state index contributed by atoms with van der Waals surface area (Å²) < 4.78 is 41.4. The maximum atomic E-state index is 15.5. The lowest BCUT2D eigenvalue weighted by atomic mass is 9.99. The van der Waals surface area contributed by atoms with Gasteiger partial charge >= 0.3 is 0 Å². The third kappa shape index (κ3) is 5.62. The van der Waals surface area contributed by atoms with Gasteiger partial charge in [0.05, 0.1) is 39.9 Å². The van der Waals surface area contributed by atoms with Gasteiger partial charge in [0.1, 0.15) is 5.82 Å². The Hall–Kier alpha value is -4.06. The minimum atomic E-state index is -3.73. The highest BCUT2D eigenvalue weighted by Gasteiger charge is 2.29. The Bertz CT molecular complexity index is 1780. The molecule has 12 heteroatoms. The molecule has 0 spiro atoms. The van der Waals surface area contributed by atoms with E-state index in [4.69, 9.17) is 11.6 Å². The van der Waals surface area contributed by atoms with Crippen molar-refractivity contribution in [2.75, 3.05) is 48.4 Å². The third-order valence-electron chi connectivity index (χ3n) is 6.37. The molecule has 0 unspecified atom stereocenters. The van der Waals surface area contributed by atoms with Gasteiger partial charge in [-0.2, -0.15) is 0 Å². The van der Waals surface area contributed by atoms with Gasteiger partial charge in [-0.3, -0.25) is 19.1 Å². The van der Waals surface area contributed by atoms with Crippen molar-refractivity contribution in [3.63, 3.8) is 0 Å². The van der Waals surface area contributed by atoms with Crippen molar-refractivity contribution < 1.29 is 17.6 Å². The monoisotopic (exact) mass is 580 g/mol. The fraction of sp³-hybridized carbons (Fsp3) is 0.179.